The second kappa shape index (κ2) is 6.14. The van der Waals surface area contributed by atoms with Crippen molar-refractivity contribution < 1.29 is 12.8 Å². The highest BCUT2D eigenvalue weighted by molar-refractivity contribution is 7.89. The lowest BCUT2D eigenvalue weighted by atomic mass is 10.1. The predicted molar refractivity (Wildman–Crippen MR) is 88.3 cm³/mol. The normalized spacial score (nSPS) is 11.9. The molecule has 0 aliphatic carbocycles. The van der Waals surface area contributed by atoms with E-state index < -0.39 is 10.0 Å². The smallest absolute Gasteiger partial charge is 0.240 e. The van der Waals surface area contributed by atoms with Gasteiger partial charge >= 0.3 is 0 Å². The van der Waals surface area contributed by atoms with Crippen LogP contribution in [0.1, 0.15) is 11.1 Å². The van der Waals surface area contributed by atoms with Crippen LogP contribution in [0.3, 0.4) is 0 Å². The molecule has 2 N–H and O–H groups in total. The second-order valence-corrected chi connectivity index (χ2v) is 7.24. The summed E-state index contributed by atoms with van der Waals surface area (Å²) in [6.45, 7) is 2.13. The van der Waals surface area contributed by atoms with Crippen LogP contribution in [0.4, 0.5) is 4.39 Å². The van der Waals surface area contributed by atoms with Gasteiger partial charge in [0.15, 0.2) is 0 Å². The molecule has 0 saturated carbocycles. The van der Waals surface area contributed by atoms with E-state index in [1.807, 2.05) is 13.0 Å². The van der Waals surface area contributed by atoms with Gasteiger partial charge in [0.2, 0.25) is 10.0 Å². The molecule has 1 aromatic heterocycles. The molecule has 23 heavy (non-hydrogen) atoms. The van der Waals surface area contributed by atoms with E-state index in [2.05, 4.69) is 9.71 Å². The highest BCUT2D eigenvalue weighted by Crippen LogP contribution is 2.19. The van der Waals surface area contributed by atoms with Crippen LogP contribution in [-0.2, 0) is 16.4 Å². The van der Waals surface area contributed by atoms with Gasteiger partial charge in [0.1, 0.15) is 5.82 Å². The molecule has 2 aromatic carbocycles. The van der Waals surface area contributed by atoms with Crippen molar-refractivity contribution in [3.05, 3.63) is 65.6 Å². The Balaban J connectivity index is 1.71. The van der Waals surface area contributed by atoms with Crippen molar-refractivity contribution in [1.82, 2.24) is 9.71 Å². The van der Waals surface area contributed by atoms with E-state index in [4.69, 9.17) is 0 Å². The topological polar surface area (TPSA) is 62.0 Å². The summed E-state index contributed by atoms with van der Waals surface area (Å²) in [5, 5.41) is 0.904. The zero-order valence-electron chi connectivity index (χ0n) is 12.6. The van der Waals surface area contributed by atoms with Gasteiger partial charge in [0.25, 0.3) is 0 Å². The van der Waals surface area contributed by atoms with Crippen LogP contribution in [0.2, 0.25) is 0 Å². The summed E-state index contributed by atoms with van der Waals surface area (Å²) in [5.41, 5.74) is 2.56. The summed E-state index contributed by atoms with van der Waals surface area (Å²) in [6, 6.07) is 11.3. The van der Waals surface area contributed by atoms with Gasteiger partial charge in [-0.15, -0.1) is 0 Å². The molecule has 3 aromatic rings. The first-order valence-electron chi connectivity index (χ1n) is 7.27. The SMILES string of the molecule is Cc1cccc(S(=O)(=O)NCCc2c[nH]c3cc(F)ccc23)c1. The molecular weight excluding hydrogens is 315 g/mol. The Morgan fingerprint density at radius 2 is 2.00 bits per heavy atom. The number of H-pyrrole nitrogens is 1. The van der Waals surface area contributed by atoms with Crippen molar-refractivity contribution in [3.8, 4) is 0 Å². The van der Waals surface area contributed by atoms with Crippen molar-refractivity contribution in [2.24, 2.45) is 0 Å². The highest BCUT2D eigenvalue weighted by Gasteiger charge is 2.13. The van der Waals surface area contributed by atoms with E-state index in [0.717, 1.165) is 16.5 Å². The molecule has 0 spiro atoms. The Morgan fingerprint density at radius 3 is 2.78 bits per heavy atom. The van der Waals surface area contributed by atoms with Crippen molar-refractivity contribution >= 4 is 20.9 Å². The van der Waals surface area contributed by atoms with Crippen molar-refractivity contribution in [3.63, 3.8) is 0 Å². The molecule has 3 rings (SSSR count). The predicted octanol–water partition coefficient (Wildman–Crippen LogP) is 3.14. The van der Waals surface area contributed by atoms with Crippen LogP contribution in [0.15, 0.2) is 53.6 Å². The lowest BCUT2D eigenvalue weighted by Crippen LogP contribution is -2.26. The van der Waals surface area contributed by atoms with Gasteiger partial charge in [-0.25, -0.2) is 17.5 Å². The van der Waals surface area contributed by atoms with Crippen LogP contribution in [0, 0.1) is 12.7 Å². The van der Waals surface area contributed by atoms with E-state index in [1.54, 1.807) is 30.5 Å². The molecule has 4 nitrogen and oxygen atoms in total. The number of nitrogens with one attached hydrogen (secondary N) is 2. The molecule has 1 heterocycles. The van der Waals surface area contributed by atoms with Crippen LogP contribution >= 0.6 is 0 Å². The van der Waals surface area contributed by atoms with Gasteiger partial charge in [-0.1, -0.05) is 12.1 Å². The number of fused-ring (bicyclic) bond motifs is 1. The summed E-state index contributed by atoms with van der Waals surface area (Å²) >= 11 is 0. The molecule has 0 aliphatic rings. The number of benzene rings is 2. The average molecular weight is 332 g/mol. The zero-order valence-corrected chi connectivity index (χ0v) is 13.5. The summed E-state index contributed by atoms with van der Waals surface area (Å²) in [5.74, 6) is -0.300. The highest BCUT2D eigenvalue weighted by atomic mass is 32.2. The number of halogens is 1. The average Bonchev–Trinajstić information content (AvgIpc) is 2.89. The largest absolute Gasteiger partial charge is 0.361 e. The van der Waals surface area contributed by atoms with E-state index in [0.29, 0.717) is 11.9 Å². The molecule has 0 amide bonds. The van der Waals surface area contributed by atoms with Gasteiger partial charge in [-0.3, -0.25) is 0 Å². The fraction of sp³-hybridized carbons (Fsp3) is 0.176. The minimum atomic E-state index is -3.52. The number of rotatable bonds is 5. The van der Waals surface area contributed by atoms with Gasteiger partial charge in [0.05, 0.1) is 4.90 Å². The lowest BCUT2D eigenvalue weighted by molar-refractivity contribution is 0.581. The summed E-state index contributed by atoms with van der Waals surface area (Å²) in [6.07, 6.45) is 2.31. The maximum atomic E-state index is 13.2. The number of aromatic amines is 1. The Bertz CT molecular complexity index is 948. The minimum absolute atomic E-state index is 0.262. The molecule has 0 saturated heterocycles. The summed E-state index contributed by atoms with van der Waals surface area (Å²) in [4.78, 5) is 3.26. The minimum Gasteiger partial charge on any atom is -0.361 e. The number of hydrogen-bond acceptors (Lipinski definition) is 2. The third kappa shape index (κ3) is 3.43. The Kier molecular flexibility index (Phi) is 4.19. The number of aryl methyl sites for hydroxylation is 1. The van der Waals surface area contributed by atoms with Crippen LogP contribution in [0.25, 0.3) is 10.9 Å². The molecule has 0 aliphatic heterocycles. The van der Waals surface area contributed by atoms with E-state index in [-0.39, 0.29) is 17.3 Å². The molecule has 0 bridgehead atoms. The third-order valence-corrected chi connectivity index (χ3v) is 5.17. The zero-order chi connectivity index (χ0) is 16.4. The van der Waals surface area contributed by atoms with Crippen LogP contribution in [-0.4, -0.2) is 19.9 Å². The third-order valence-electron chi connectivity index (χ3n) is 3.72. The maximum absolute atomic E-state index is 13.2. The molecule has 0 fully saturated rings. The number of sulfonamides is 1. The van der Waals surface area contributed by atoms with Crippen LogP contribution in [0.5, 0.6) is 0 Å². The molecular formula is C17H17FN2O2S. The quantitative estimate of drug-likeness (QED) is 0.754. The van der Waals surface area contributed by atoms with Gasteiger partial charge in [-0.05, 0) is 54.8 Å². The Hall–Kier alpha value is -2.18. The lowest BCUT2D eigenvalue weighted by Gasteiger charge is -2.07. The number of hydrogen-bond donors (Lipinski definition) is 2. The van der Waals surface area contributed by atoms with Gasteiger partial charge < -0.3 is 4.98 Å². The van der Waals surface area contributed by atoms with E-state index in [9.17, 15) is 12.8 Å². The molecule has 0 atom stereocenters. The van der Waals surface area contributed by atoms with Crippen molar-refractivity contribution in [1.29, 1.82) is 0 Å². The maximum Gasteiger partial charge on any atom is 0.240 e. The summed E-state index contributed by atoms with van der Waals surface area (Å²) in [7, 11) is -3.52. The van der Waals surface area contributed by atoms with E-state index in [1.165, 1.54) is 12.1 Å². The first-order chi connectivity index (χ1) is 11.0. The molecule has 120 valence electrons. The van der Waals surface area contributed by atoms with Gasteiger partial charge in [-0.2, -0.15) is 0 Å². The Morgan fingerprint density at radius 1 is 1.17 bits per heavy atom. The molecule has 0 radical (unpaired) electrons. The van der Waals surface area contributed by atoms with Crippen LogP contribution < -0.4 is 4.72 Å². The summed E-state index contributed by atoms with van der Waals surface area (Å²) < 4.78 is 40.3. The number of aromatic nitrogens is 1. The molecule has 0 unspecified atom stereocenters. The molecule has 6 heteroatoms. The monoisotopic (exact) mass is 332 g/mol. The van der Waals surface area contributed by atoms with Crippen molar-refractivity contribution in [2.75, 3.05) is 6.54 Å². The fourth-order valence-electron chi connectivity index (χ4n) is 2.55. The standard InChI is InChI=1S/C17H17FN2O2S/c1-12-3-2-4-15(9-12)23(21,22)20-8-7-13-11-19-17-10-14(18)5-6-16(13)17/h2-6,9-11,19-20H,7-8H2,1H3. The van der Waals surface area contributed by atoms with Crippen molar-refractivity contribution in [2.45, 2.75) is 18.2 Å². The van der Waals surface area contributed by atoms with Gasteiger partial charge in [0, 0.05) is 23.6 Å². The first-order valence-corrected chi connectivity index (χ1v) is 8.76. The first kappa shape index (κ1) is 15.7. The second-order valence-electron chi connectivity index (χ2n) is 5.47. The fourth-order valence-corrected chi connectivity index (χ4v) is 3.69. The Labute approximate surface area is 134 Å². The van der Waals surface area contributed by atoms with E-state index >= 15 is 0 Å².